The number of azo groups is 2. The molecule has 0 unspecified atom stereocenters. The fourth-order valence-corrected chi connectivity index (χ4v) is 8.90. The Morgan fingerprint density at radius 3 is 1.32 bits per heavy atom. The summed E-state index contributed by atoms with van der Waals surface area (Å²) in [4.78, 5) is 108. The Balaban J connectivity index is 0.000000807. The van der Waals surface area contributed by atoms with Gasteiger partial charge < -0.3 is 77.4 Å². The molecule has 0 fully saturated rings. The Bertz CT molecular complexity index is 5530. The number of nitrogens with zero attached hydrogens (tertiary/aromatic N) is 28. The van der Waals surface area contributed by atoms with Gasteiger partial charge in [-0.2, -0.15) is 60.4 Å². The number of rotatable bonds is 21. The van der Waals surface area contributed by atoms with Crippen LogP contribution in [0, 0.1) is 61.7 Å². The number of nitriles is 3. The van der Waals surface area contributed by atoms with Crippen LogP contribution in [-0.2, 0) is 78.2 Å². The van der Waals surface area contributed by atoms with Crippen molar-refractivity contribution in [2.45, 2.75) is 53.9 Å². The molecule has 0 aliphatic carbocycles. The monoisotopic (exact) mass is 1820 g/mol. The van der Waals surface area contributed by atoms with E-state index in [2.05, 4.69) is 158 Å². The number of ether oxygens (including phenoxy) is 8. The van der Waals surface area contributed by atoms with Crippen molar-refractivity contribution < 1.29 is 71.5 Å². The number of aryl methyl sites for hydroxylation is 7. The van der Waals surface area contributed by atoms with E-state index in [-0.39, 0.29) is 87.9 Å². The van der Waals surface area contributed by atoms with E-state index in [1.165, 1.54) is 143 Å². The average molecular weight is 1820 g/mol. The molecule has 11 aromatic heterocycles. The first kappa shape index (κ1) is 110. The number of carbonyl (C=O) groups excluding carboxylic acids is 7. The van der Waals surface area contributed by atoms with Crippen LogP contribution < -0.4 is 74.2 Å². The van der Waals surface area contributed by atoms with E-state index >= 15 is 0 Å². The van der Waals surface area contributed by atoms with Crippen molar-refractivity contribution in [1.29, 1.82) is 15.8 Å². The van der Waals surface area contributed by atoms with Gasteiger partial charge in [0.2, 0.25) is 5.78 Å². The van der Waals surface area contributed by atoms with Gasteiger partial charge in [0.25, 0.3) is 6.48 Å². The highest BCUT2D eigenvalue weighted by Gasteiger charge is 2.23. The van der Waals surface area contributed by atoms with Gasteiger partial charge in [0, 0.05) is 79.0 Å². The van der Waals surface area contributed by atoms with E-state index in [9.17, 15) is 33.6 Å². The molecule has 0 radical (unpaired) electrons. The van der Waals surface area contributed by atoms with Crippen LogP contribution in [0.3, 0.4) is 0 Å². The number of methoxy groups -OCH3 is 8. The second-order valence-corrected chi connectivity index (χ2v) is 23.9. The largest absolute Gasteiger partial charge is 0.503 e. The van der Waals surface area contributed by atoms with E-state index in [0.717, 1.165) is 17.5 Å². The maximum Gasteiger partial charge on any atom is 0.351 e. The van der Waals surface area contributed by atoms with Crippen LogP contribution in [0.4, 0.5) is 63.7 Å². The number of carbonyl (C=O) groups is 7. The summed E-state index contributed by atoms with van der Waals surface area (Å²) in [5.74, 6) is 24.3. The van der Waals surface area contributed by atoms with Crippen molar-refractivity contribution in [3.8, 4) is 41.5 Å². The zero-order valence-electron chi connectivity index (χ0n) is 71.9. The van der Waals surface area contributed by atoms with Crippen molar-refractivity contribution in [3.05, 3.63) is 148 Å². The van der Waals surface area contributed by atoms with E-state index in [1.54, 1.807) is 87.7 Å². The third-order valence-corrected chi connectivity index (χ3v) is 14.7. The lowest BCUT2D eigenvalue weighted by molar-refractivity contribution is -0.252. The number of nitrogens with two attached hydrogens (primary N) is 10. The number of hydrogen-bond acceptors (Lipinski definition) is 49. The second-order valence-electron chi connectivity index (χ2n) is 23.2. The molecule has 0 aliphatic heterocycles. The lowest BCUT2D eigenvalue weighted by atomic mass is 10.2. The fourth-order valence-electron chi connectivity index (χ4n) is 8.55. The first-order chi connectivity index (χ1) is 61.0. The molecular weight excluding hydrogens is 1730 g/mol. The quantitative estimate of drug-likeness (QED) is 0.00392. The molecule has 128 heavy (non-hydrogen) atoms. The molecule has 0 amide bonds. The summed E-state index contributed by atoms with van der Waals surface area (Å²) in [6.45, 7) is 8.07. The van der Waals surface area contributed by atoms with Crippen molar-refractivity contribution in [1.82, 2.24) is 109 Å². The Morgan fingerprint density at radius 1 is 0.531 bits per heavy atom. The number of ketones is 2. The highest BCUT2D eigenvalue weighted by Crippen LogP contribution is 2.34. The predicted octanol–water partition coefficient (Wildman–Crippen LogP) is 2.83. The third-order valence-electron chi connectivity index (χ3n) is 14.3. The molecule has 0 spiro atoms. The van der Waals surface area contributed by atoms with Gasteiger partial charge in [-0.3, -0.25) is 51.4 Å². The number of Topliss-reactive ketones (excluding diaryl/α,β-unsaturated/α-hetero) is 2. The molecule has 0 saturated heterocycles. The molecule has 0 atom stereocenters. The van der Waals surface area contributed by atoms with Gasteiger partial charge in [-0.25, -0.2) is 75.3 Å². The number of aldehydes is 1. The van der Waals surface area contributed by atoms with Crippen LogP contribution in [0.2, 0.25) is 10.3 Å². The number of aromatic nitrogens is 21. The summed E-state index contributed by atoms with van der Waals surface area (Å²) < 4.78 is 45.9. The van der Waals surface area contributed by atoms with Crippen LogP contribution in [0.5, 0.6) is 0 Å². The lowest BCUT2D eigenvalue weighted by Crippen LogP contribution is -2.14. The van der Waals surface area contributed by atoms with Crippen LogP contribution in [0.15, 0.2) is 119 Å². The van der Waals surface area contributed by atoms with Gasteiger partial charge in [-0.1, -0.05) is 23.2 Å². The third kappa shape index (κ3) is 35.3. The average Bonchev–Trinajstić information content (AvgIpc) is 1.63. The summed E-state index contributed by atoms with van der Waals surface area (Å²) in [6.07, 6.45) is 12.3. The summed E-state index contributed by atoms with van der Waals surface area (Å²) >= 11 is 10.8. The SMILES string of the molecule is CC(=O)CC#N.CNN.CO/C=C(\C#N)C(=O)OC.COC(=O)CC#N.COC(=O)c1cnn(C)c1N.COC(=O)c1cnn(C)c1N=Nc1c(C)nn(-c2cc(-n3nc(C)c(N=Nc4c(C(=O)C=O)cnn4C)c3N)ncn2)c1N.COC(OC)OC.Cc1cc(N)n(-c2cc(-n3nc(C)cc3N)ncn2)c1.Clc1cc(Cl)ncn1.NN.NNc1cc(NN)ncn1. The summed E-state index contributed by atoms with van der Waals surface area (Å²) in [6, 6.07) is 15.0. The first-order valence-corrected chi connectivity index (χ1v) is 35.9. The number of nitrogen functional groups attached to an aromatic ring is 7. The van der Waals surface area contributed by atoms with E-state index in [4.69, 9.17) is 84.1 Å². The molecule has 0 aromatic carbocycles. The zero-order chi connectivity index (χ0) is 96.9. The Labute approximate surface area is 739 Å². The lowest BCUT2D eigenvalue weighted by Gasteiger charge is -2.08. The van der Waals surface area contributed by atoms with Gasteiger partial charge in [0.1, 0.15) is 106 Å². The standard InChI is InChI=1S/C24H24N16O4.C13H15N7.C6H9N3O2.C6H7NO3.C4H2Cl2N2.C4H8N6.C4H5NO2.C4H5NO.C4H10O3.CH6N2.H4N2/c1-11-18(31-33-22-13(15(42)9-41)7-29-37(22)3)20(25)39(35-11)16-6-17(28-10-27-16)40-21(26)19(12(2)36-40)32-34-23-14(24(43)44-5)8-30-38(23)4;1-8-3-10(14)19(6-8)12-5-13(17-7-16-12)20-11(15)4-9(2)18-20;1-9-5(7)4(3-8-9)6(10)11-2;1-9-4-5(3-7)6(8)10-2;5-3-1-4(6)8-2-7-3;5-9-3-1-4(10-6)8-2-7-3;1-7-4(6)2-3-5;1-4(6)2-3-5;1-5-4(6-2)7-3;1-3-2;1-2/h6-10H,25-26H2,1-5H3;3-7H,14-15H2,1-2H3;3H,7H2,1-2H3;4H,1-2H3;1-2H;1-2H,5-6H2,(H2,7,8,9,10);2H2,1H3;2H2,1H3;4H,1-3H3;3H,2H2,1H3;1-2H2/b;;;5-4+;;;;;;;. The van der Waals surface area contributed by atoms with Gasteiger partial charge in [0.15, 0.2) is 64.0 Å². The molecule has 23 N–H and O–H groups in total. The minimum atomic E-state index is -0.790. The Hall–Kier alpha value is -16.2. The van der Waals surface area contributed by atoms with E-state index in [0.29, 0.717) is 68.0 Å². The van der Waals surface area contributed by atoms with Crippen LogP contribution >= 0.6 is 23.2 Å². The van der Waals surface area contributed by atoms with Gasteiger partial charge >= 0.3 is 23.9 Å². The van der Waals surface area contributed by atoms with Gasteiger partial charge in [-0.15, -0.1) is 20.5 Å². The highest BCUT2D eigenvalue weighted by molar-refractivity contribution is 6.34. The molecule has 0 bridgehead atoms. The number of hydrogen-bond donors (Lipinski definition) is 13. The van der Waals surface area contributed by atoms with Crippen LogP contribution in [0.1, 0.15) is 73.5 Å². The number of anilines is 7. The molecule has 11 heterocycles. The zero-order valence-corrected chi connectivity index (χ0v) is 73.4. The Morgan fingerprint density at radius 2 is 0.969 bits per heavy atom. The normalized spacial score (nSPS) is 10.0. The predicted molar refractivity (Wildman–Crippen MR) is 459 cm³/mol. The van der Waals surface area contributed by atoms with Crippen LogP contribution in [-0.4, -0.2) is 215 Å². The molecule has 56 nitrogen and oxygen atoms in total. The van der Waals surface area contributed by atoms with Crippen molar-refractivity contribution in [2.24, 2.45) is 70.8 Å². The number of hydrazine groups is 4. The maximum absolute atomic E-state index is 12.0. The topological polar surface area (TPSA) is 825 Å². The van der Waals surface area contributed by atoms with Crippen LogP contribution in [0.25, 0.3) is 23.3 Å². The van der Waals surface area contributed by atoms with E-state index < -0.39 is 36.1 Å². The highest BCUT2D eigenvalue weighted by atomic mass is 35.5. The Kier molecular flexibility index (Phi) is 50.4. The second kappa shape index (κ2) is 58.7. The summed E-state index contributed by atoms with van der Waals surface area (Å²) in [7, 11) is 17.3. The smallest absolute Gasteiger partial charge is 0.351 e. The molecule has 0 saturated carbocycles. The molecule has 684 valence electrons. The molecule has 58 heteroatoms. The molecule has 0 aliphatic rings. The first-order valence-electron chi connectivity index (χ1n) is 35.1. The van der Waals surface area contributed by atoms with Gasteiger partial charge in [0.05, 0.1) is 95.3 Å². The summed E-state index contributed by atoms with van der Waals surface area (Å²) in [5, 5.41) is 66.1. The number of halogens is 2. The molecule has 11 aromatic rings. The van der Waals surface area contributed by atoms with E-state index in [1.807, 2.05) is 26.1 Å². The van der Waals surface area contributed by atoms with Crippen molar-refractivity contribution in [2.75, 3.05) is 103 Å². The fraction of sp³-hybridized carbons (Fsp3) is 0.286. The molecule has 11 rings (SSSR count). The summed E-state index contributed by atoms with van der Waals surface area (Å²) in [5.41, 5.74) is 40.5. The van der Waals surface area contributed by atoms with Crippen molar-refractivity contribution in [3.63, 3.8) is 0 Å². The van der Waals surface area contributed by atoms with Gasteiger partial charge in [-0.05, 0) is 53.3 Å². The minimum Gasteiger partial charge on any atom is -0.503 e. The minimum absolute atomic E-state index is 0.00876. The van der Waals surface area contributed by atoms with Crippen molar-refractivity contribution >= 4 is 129 Å². The number of nitrogens with one attached hydrogen (secondary N) is 3. The molecular formula is C70H95Cl2N41O15. The number of esters is 4. The maximum atomic E-state index is 12.0.